The Morgan fingerprint density at radius 3 is 2.90 bits per heavy atom. The molecular weight excluding hydrogens is 378 g/mol. The van der Waals surface area contributed by atoms with Crippen molar-refractivity contribution in [3.63, 3.8) is 0 Å². The molecule has 30 heavy (non-hydrogen) atoms. The first-order chi connectivity index (χ1) is 14.6. The molecule has 0 spiro atoms. The van der Waals surface area contributed by atoms with Crippen LogP contribution in [0.25, 0.3) is 27.6 Å². The number of allylic oxidation sites excluding steroid dienone is 1. The highest BCUT2D eigenvalue weighted by Gasteiger charge is 2.20. The van der Waals surface area contributed by atoms with Gasteiger partial charge in [-0.2, -0.15) is 0 Å². The van der Waals surface area contributed by atoms with E-state index in [1.807, 2.05) is 37.3 Å². The van der Waals surface area contributed by atoms with E-state index in [1.165, 1.54) is 12.0 Å². The molecule has 0 atom stereocenters. The fraction of sp³-hybridized carbons (Fsp3) is 0.250. The molecule has 6 heteroatoms. The number of para-hydroxylation sites is 2. The molecule has 4 aromatic rings. The second-order valence-electron chi connectivity index (χ2n) is 7.68. The summed E-state index contributed by atoms with van der Waals surface area (Å²) in [5.74, 6) is 1.96. The Hall–Kier alpha value is -3.54. The highest BCUT2D eigenvalue weighted by Crippen LogP contribution is 2.37. The third-order valence-corrected chi connectivity index (χ3v) is 5.68. The second kappa shape index (κ2) is 7.37. The summed E-state index contributed by atoms with van der Waals surface area (Å²) in [5.41, 5.74) is 5.53. The minimum atomic E-state index is -0.247. The third-order valence-electron chi connectivity index (χ3n) is 5.68. The minimum absolute atomic E-state index is 0.247. The minimum Gasteiger partial charge on any atom is -0.496 e. The van der Waals surface area contributed by atoms with Gasteiger partial charge in [0.25, 0.3) is 5.91 Å². The molecule has 1 aliphatic carbocycles. The number of furan rings is 1. The van der Waals surface area contributed by atoms with E-state index >= 15 is 0 Å². The number of ether oxygens (including phenoxy) is 1. The molecule has 0 bridgehead atoms. The first-order valence-electron chi connectivity index (χ1n) is 10.2. The predicted molar refractivity (Wildman–Crippen MR) is 118 cm³/mol. The van der Waals surface area contributed by atoms with E-state index < -0.39 is 0 Å². The number of rotatable bonds is 4. The number of aromatic amines is 1. The summed E-state index contributed by atoms with van der Waals surface area (Å²) in [6.07, 6.45) is 5.93. The van der Waals surface area contributed by atoms with Crippen molar-refractivity contribution in [3.05, 3.63) is 59.4 Å². The van der Waals surface area contributed by atoms with Gasteiger partial charge in [0.05, 0.1) is 18.1 Å². The van der Waals surface area contributed by atoms with Crippen LogP contribution in [-0.2, 0) is 17.6 Å². The van der Waals surface area contributed by atoms with E-state index in [9.17, 15) is 4.79 Å². The van der Waals surface area contributed by atoms with E-state index in [1.54, 1.807) is 13.2 Å². The lowest BCUT2D eigenvalue weighted by atomic mass is 9.94. The van der Waals surface area contributed by atoms with Crippen LogP contribution >= 0.6 is 0 Å². The highest BCUT2D eigenvalue weighted by atomic mass is 16.5. The fourth-order valence-corrected chi connectivity index (χ4v) is 4.21. The van der Waals surface area contributed by atoms with Gasteiger partial charge in [0.15, 0.2) is 0 Å². The van der Waals surface area contributed by atoms with Crippen LogP contribution in [0.1, 0.15) is 36.7 Å². The van der Waals surface area contributed by atoms with E-state index in [0.29, 0.717) is 11.7 Å². The molecule has 5 rings (SSSR count). The van der Waals surface area contributed by atoms with Gasteiger partial charge in [-0.05, 0) is 50.0 Å². The van der Waals surface area contributed by atoms with Crippen molar-refractivity contribution >= 4 is 39.4 Å². The number of carbonyl (C=O) groups is 1. The van der Waals surface area contributed by atoms with Crippen LogP contribution in [0, 0.1) is 0 Å². The molecule has 0 aliphatic heterocycles. The van der Waals surface area contributed by atoms with Gasteiger partial charge >= 0.3 is 0 Å². The van der Waals surface area contributed by atoms with Gasteiger partial charge in [-0.1, -0.05) is 12.1 Å². The summed E-state index contributed by atoms with van der Waals surface area (Å²) in [5, 5.41) is 3.93. The van der Waals surface area contributed by atoms with Crippen LogP contribution in [-0.4, -0.2) is 23.0 Å². The van der Waals surface area contributed by atoms with Crippen molar-refractivity contribution in [1.82, 2.24) is 9.97 Å². The van der Waals surface area contributed by atoms with Crippen LogP contribution in [0.2, 0.25) is 0 Å². The van der Waals surface area contributed by atoms with Crippen LogP contribution in [0.15, 0.2) is 46.9 Å². The SMILES string of the molecule is COc1cc2oc3c(c2cc1/C(C)=C/C(=O)Nc1nc2ccccc2[nH]1)CCCC3. The Labute approximate surface area is 173 Å². The lowest BCUT2D eigenvalue weighted by molar-refractivity contribution is -0.111. The quantitative estimate of drug-likeness (QED) is 0.458. The number of aryl methyl sites for hydroxylation is 2. The number of hydrogen-bond acceptors (Lipinski definition) is 4. The highest BCUT2D eigenvalue weighted by molar-refractivity contribution is 6.04. The van der Waals surface area contributed by atoms with Gasteiger partial charge in [-0.15, -0.1) is 0 Å². The zero-order valence-corrected chi connectivity index (χ0v) is 17.0. The van der Waals surface area contributed by atoms with E-state index in [-0.39, 0.29) is 5.91 Å². The van der Waals surface area contributed by atoms with Crippen LogP contribution in [0.5, 0.6) is 5.75 Å². The third kappa shape index (κ3) is 3.24. The number of benzene rings is 2. The molecule has 6 nitrogen and oxygen atoms in total. The van der Waals surface area contributed by atoms with Crippen LogP contribution in [0.3, 0.4) is 0 Å². The normalized spacial score (nSPS) is 14.1. The molecule has 0 fully saturated rings. The van der Waals surface area contributed by atoms with Crippen molar-refractivity contribution < 1.29 is 13.9 Å². The predicted octanol–water partition coefficient (Wildman–Crippen LogP) is 5.24. The fourth-order valence-electron chi connectivity index (χ4n) is 4.21. The lowest BCUT2D eigenvalue weighted by Crippen LogP contribution is -2.10. The van der Waals surface area contributed by atoms with Gasteiger partial charge in [0.1, 0.15) is 17.1 Å². The molecule has 1 aliphatic rings. The maximum Gasteiger partial charge on any atom is 0.250 e. The number of methoxy groups -OCH3 is 1. The average Bonchev–Trinajstić information content (AvgIpc) is 3.32. The Balaban J connectivity index is 1.47. The topological polar surface area (TPSA) is 80.2 Å². The molecule has 2 N–H and O–H groups in total. The number of fused-ring (bicyclic) bond motifs is 4. The van der Waals surface area contributed by atoms with Crippen molar-refractivity contribution in [1.29, 1.82) is 0 Å². The number of nitrogens with one attached hydrogen (secondary N) is 2. The summed E-state index contributed by atoms with van der Waals surface area (Å²) in [6, 6.07) is 11.7. The van der Waals surface area contributed by atoms with Crippen molar-refractivity contribution in [2.24, 2.45) is 0 Å². The number of H-pyrrole nitrogens is 1. The number of hydrogen-bond donors (Lipinski definition) is 2. The summed E-state index contributed by atoms with van der Waals surface area (Å²) in [6.45, 7) is 1.91. The van der Waals surface area contributed by atoms with E-state index in [2.05, 4.69) is 21.4 Å². The Morgan fingerprint density at radius 1 is 1.23 bits per heavy atom. The Kier molecular flexibility index (Phi) is 4.54. The molecule has 1 amide bonds. The molecule has 0 radical (unpaired) electrons. The standard InChI is InChI=1S/C24H23N3O3/c1-14(11-23(28)27-24-25-18-8-4-5-9-19(18)26-24)16-12-17-15-7-3-6-10-20(15)30-22(17)13-21(16)29-2/h4-5,8-9,11-13H,3,6-7,10H2,1-2H3,(H2,25,26,27,28)/b14-11+. The summed E-state index contributed by atoms with van der Waals surface area (Å²) < 4.78 is 11.7. The molecular formula is C24H23N3O3. The van der Waals surface area contributed by atoms with Gasteiger partial charge < -0.3 is 14.1 Å². The molecule has 0 unspecified atom stereocenters. The van der Waals surface area contributed by atoms with Crippen LogP contribution < -0.4 is 10.1 Å². The average molecular weight is 401 g/mol. The van der Waals surface area contributed by atoms with Gasteiger partial charge in [-0.3, -0.25) is 10.1 Å². The monoisotopic (exact) mass is 401 g/mol. The van der Waals surface area contributed by atoms with Crippen molar-refractivity contribution in [2.45, 2.75) is 32.6 Å². The smallest absolute Gasteiger partial charge is 0.250 e. The first kappa shape index (κ1) is 18.5. The van der Waals surface area contributed by atoms with Gasteiger partial charge in [0, 0.05) is 35.1 Å². The Morgan fingerprint density at radius 2 is 2.07 bits per heavy atom. The number of imidazole rings is 1. The summed E-state index contributed by atoms with van der Waals surface area (Å²) in [4.78, 5) is 20.1. The molecule has 0 saturated carbocycles. The van der Waals surface area contributed by atoms with Crippen LogP contribution in [0.4, 0.5) is 5.95 Å². The molecule has 2 aromatic carbocycles. The van der Waals surface area contributed by atoms with E-state index in [4.69, 9.17) is 9.15 Å². The number of nitrogens with zero attached hydrogens (tertiary/aromatic N) is 1. The molecule has 2 aromatic heterocycles. The molecule has 152 valence electrons. The maximum atomic E-state index is 12.6. The zero-order valence-electron chi connectivity index (χ0n) is 17.0. The summed E-state index contributed by atoms with van der Waals surface area (Å²) >= 11 is 0. The maximum absolute atomic E-state index is 12.6. The van der Waals surface area contributed by atoms with Gasteiger partial charge in [-0.25, -0.2) is 4.98 Å². The second-order valence-corrected chi connectivity index (χ2v) is 7.68. The first-order valence-corrected chi connectivity index (χ1v) is 10.2. The zero-order chi connectivity index (χ0) is 20.7. The summed E-state index contributed by atoms with van der Waals surface area (Å²) in [7, 11) is 1.63. The van der Waals surface area contributed by atoms with Gasteiger partial charge in [0.2, 0.25) is 5.95 Å². The number of anilines is 1. The molecule has 2 heterocycles. The number of carbonyl (C=O) groups excluding carboxylic acids is 1. The Bertz CT molecular complexity index is 1260. The number of amides is 1. The largest absolute Gasteiger partial charge is 0.496 e. The van der Waals surface area contributed by atoms with Crippen molar-refractivity contribution in [3.8, 4) is 5.75 Å². The molecule has 0 saturated heterocycles. The lowest BCUT2D eigenvalue weighted by Gasteiger charge is -2.11. The number of aromatic nitrogens is 2. The van der Waals surface area contributed by atoms with Crippen molar-refractivity contribution in [2.75, 3.05) is 12.4 Å². The van der Waals surface area contributed by atoms with E-state index in [0.717, 1.165) is 58.2 Å².